The van der Waals surface area contributed by atoms with Crippen molar-refractivity contribution in [1.29, 1.82) is 0 Å². The number of benzene rings is 1. The molecule has 4 nitrogen and oxygen atoms in total. The van der Waals surface area contributed by atoms with Crippen molar-refractivity contribution >= 4 is 11.6 Å². The monoisotopic (exact) mass is 248 g/mol. The molecular formula is C14H20N2O2. The number of nitrogens with two attached hydrogens (primary N) is 1. The maximum Gasteiger partial charge on any atom is 0.251 e. The van der Waals surface area contributed by atoms with E-state index in [0.717, 1.165) is 6.61 Å². The van der Waals surface area contributed by atoms with Gasteiger partial charge in [-0.3, -0.25) is 4.79 Å². The second-order valence-corrected chi connectivity index (χ2v) is 4.79. The lowest BCUT2D eigenvalue weighted by Crippen LogP contribution is -2.18. The highest BCUT2D eigenvalue weighted by Gasteiger charge is 2.16. The first-order chi connectivity index (χ1) is 8.70. The van der Waals surface area contributed by atoms with Crippen LogP contribution in [0.2, 0.25) is 0 Å². The zero-order valence-electron chi connectivity index (χ0n) is 10.7. The molecule has 0 aliphatic heterocycles. The fourth-order valence-corrected chi connectivity index (χ4v) is 2.35. The van der Waals surface area contributed by atoms with Crippen molar-refractivity contribution in [2.24, 2.45) is 5.92 Å². The Morgan fingerprint density at radius 2 is 2.17 bits per heavy atom. The van der Waals surface area contributed by atoms with Crippen molar-refractivity contribution in [3.63, 3.8) is 0 Å². The molecule has 4 heteroatoms. The maximum atomic E-state index is 11.4. The number of anilines is 1. The topological polar surface area (TPSA) is 64.3 Å². The molecule has 0 heterocycles. The second kappa shape index (κ2) is 5.76. The molecule has 1 amide bonds. The van der Waals surface area contributed by atoms with Crippen LogP contribution in [0.3, 0.4) is 0 Å². The summed E-state index contributed by atoms with van der Waals surface area (Å²) in [6.07, 6.45) is 5.10. The lowest BCUT2D eigenvalue weighted by Gasteiger charge is -2.13. The number of hydrogen-bond acceptors (Lipinski definition) is 3. The summed E-state index contributed by atoms with van der Waals surface area (Å²) in [4.78, 5) is 11.4. The first kappa shape index (κ1) is 12.7. The van der Waals surface area contributed by atoms with Crippen molar-refractivity contribution in [1.82, 2.24) is 5.32 Å². The van der Waals surface area contributed by atoms with Gasteiger partial charge in [0.1, 0.15) is 5.75 Å². The Labute approximate surface area is 108 Å². The van der Waals surface area contributed by atoms with Crippen LogP contribution in [0.5, 0.6) is 5.75 Å². The Bertz CT molecular complexity index is 426. The summed E-state index contributed by atoms with van der Waals surface area (Å²) in [5, 5.41) is 2.57. The van der Waals surface area contributed by atoms with Gasteiger partial charge in [0.2, 0.25) is 0 Å². The van der Waals surface area contributed by atoms with Crippen LogP contribution in [0.1, 0.15) is 36.0 Å². The largest absolute Gasteiger partial charge is 0.491 e. The number of nitrogens with one attached hydrogen (secondary N) is 1. The van der Waals surface area contributed by atoms with Gasteiger partial charge >= 0.3 is 0 Å². The number of amides is 1. The number of rotatable bonds is 4. The van der Waals surface area contributed by atoms with E-state index in [1.807, 2.05) is 0 Å². The lowest BCUT2D eigenvalue weighted by atomic mass is 10.1. The molecule has 0 bridgehead atoms. The van der Waals surface area contributed by atoms with Crippen LogP contribution in [0.25, 0.3) is 0 Å². The first-order valence-electron chi connectivity index (χ1n) is 6.45. The van der Waals surface area contributed by atoms with Crippen LogP contribution in [0.15, 0.2) is 18.2 Å². The van der Waals surface area contributed by atoms with E-state index in [-0.39, 0.29) is 5.91 Å². The zero-order chi connectivity index (χ0) is 13.0. The molecule has 18 heavy (non-hydrogen) atoms. The third-order valence-electron chi connectivity index (χ3n) is 3.45. The molecule has 1 fully saturated rings. The fourth-order valence-electron chi connectivity index (χ4n) is 2.35. The molecule has 0 radical (unpaired) electrons. The van der Waals surface area contributed by atoms with Crippen molar-refractivity contribution < 1.29 is 9.53 Å². The Balaban J connectivity index is 1.98. The summed E-state index contributed by atoms with van der Waals surface area (Å²) in [7, 11) is 1.60. The van der Waals surface area contributed by atoms with Gasteiger partial charge in [-0.05, 0) is 37.0 Å². The van der Waals surface area contributed by atoms with Gasteiger partial charge in [0.25, 0.3) is 5.91 Å². The summed E-state index contributed by atoms with van der Waals surface area (Å²) in [5.74, 6) is 1.20. The molecule has 0 atom stereocenters. The summed E-state index contributed by atoms with van der Waals surface area (Å²) in [6.45, 7) is 0.726. The molecule has 1 saturated carbocycles. The minimum absolute atomic E-state index is 0.135. The quantitative estimate of drug-likeness (QED) is 0.803. The molecule has 2 rings (SSSR count). The van der Waals surface area contributed by atoms with Gasteiger partial charge in [0.05, 0.1) is 12.3 Å². The van der Waals surface area contributed by atoms with Gasteiger partial charge < -0.3 is 15.8 Å². The van der Waals surface area contributed by atoms with Crippen LogP contribution in [-0.2, 0) is 0 Å². The number of carbonyl (C=O) groups is 1. The standard InChI is InChI=1S/C14H20N2O2/c1-16-14(17)11-6-7-13(12(15)8-11)18-9-10-4-2-3-5-10/h6-8,10H,2-5,9,15H2,1H3,(H,16,17). The molecule has 1 aliphatic rings. The molecular weight excluding hydrogens is 228 g/mol. The van der Waals surface area contributed by atoms with Crippen molar-refractivity contribution in [3.8, 4) is 5.75 Å². The van der Waals surface area contributed by atoms with E-state index >= 15 is 0 Å². The number of ether oxygens (including phenoxy) is 1. The molecule has 3 N–H and O–H groups in total. The Kier molecular flexibility index (Phi) is 4.07. The Hall–Kier alpha value is -1.71. The summed E-state index contributed by atoms with van der Waals surface area (Å²) >= 11 is 0. The summed E-state index contributed by atoms with van der Waals surface area (Å²) < 4.78 is 5.73. The van der Waals surface area contributed by atoms with Crippen molar-refractivity contribution in [2.45, 2.75) is 25.7 Å². The van der Waals surface area contributed by atoms with Crippen LogP contribution in [-0.4, -0.2) is 19.6 Å². The highest BCUT2D eigenvalue weighted by atomic mass is 16.5. The third kappa shape index (κ3) is 2.94. The molecule has 98 valence electrons. The van der Waals surface area contributed by atoms with Gasteiger partial charge in [-0.1, -0.05) is 12.8 Å². The molecule has 0 spiro atoms. The molecule has 1 aromatic rings. The highest BCUT2D eigenvalue weighted by molar-refractivity contribution is 5.95. The highest BCUT2D eigenvalue weighted by Crippen LogP contribution is 2.28. The maximum absolute atomic E-state index is 11.4. The average Bonchev–Trinajstić information content (AvgIpc) is 2.89. The third-order valence-corrected chi connectivity index (χ3v) is 3.45. The number of carbonyl (C=O) groups excluding carboxylic acids is 1. The lowest BCUT2D eigenvalue weighted by molar-refractivity contribution is 0.0963. The Morgan fingerprint density at radius 3 is 2.78 bits per heavy atom. The van der Waals surface area contributed by atoms with Gasteiger partial charge in [0, 0.05) is 12.6 Å². The summed E-state index contributed by atoms with van der Waals surface area (Å²) in [5.41, 5.74) is 6.97. The van der Waals surface area contributed by atoms with Crippen LogP contribution in [0, 0.1) is 5.92 Å². The van der Waals surface area contributed by atoms with E-state index in [2.05, 4.69) is 5.32 Å². The SMILES string of the molecule is CNC(=O)c1ccc(OCC2CCCC2)c(N)c1. The predicted molar refractivity (Wildman–Crippen MR) is 71.7 cm³/mol. The zero-order valence-corrected chi connectivity index (χ0v) is 10.7. The number of hydrogen-bond donors (Lipinski definition) is 2. The van der Waals surface area contributed by atoms with E-state index in [1.54, 1.807) is 25.2 Å². The fraction of sp³-hybridized carbons (Fsp3) is 0.500. The van der Waals surface area contributed by atoms with E-state index in [4.69, 9.17) is 10.5 Å². The van der Waals surface area contributed by atoms with Crippen LogP contribution >= 0.6 is 0 Å². The van der Waals surface area contributed by atoms with Crippen LogP contribution in [0.4, 0.5) is 5.69 Å². The van der Waals surface area contributed by atoms with Gasteiger partial charge in [-0.15, -0.1) is 0 Å². The molecule has 0 unspecified atom stereocenters. The van der Waals surface area contributed by atoms with Gasteiger partial charge in [-0.2, -0.15) is 0 Å². The number of nitrogen functional groups attached to an aromatic ring is 1. The van der Waals surface area contributed by atoms with Crippen molar-refractivity contribution in [3.05, 3.63) is 23.8 Å². The smallest absolute Gasteiger partial charge is 0.251 e. The Morgan fingerprint density at radius 1 is 1.44 bits per heavy atom. The first-order valence-corrected chi connectivity index (χ1v) is 6.45. The molecule has 0 aromatic heterocycles. The molecule has 0 saturated heterocycles. The minimum Gasteiger partial charge on any atom is -0.491 e. The normalized spacial score (nSPS) is 15.6. The van der Waals surface area contributed by atoms with Gasteiger partial charge in [0.15, 0.2) is 0 Å². The van der Waals surface area contributed by atoms with Crippen molar-refractivity contribution in [2.75, 3.05) is 19.4 Å². The average molecular weight is 248 g/mol. The van der Waals surface area contributed by atoms with E-state index < -0.39 is 0 Å². The minimum atomic E-state index is -0.135. The van der Waals surface area contributed by atoms with E-state index in [0.29, 0.717) is 22.9 Å². The van der Waals surface area contributed by atoms with E-state index in [9.17, 15) is 4.79 Å². The predicted octanol–water partition coefficient (Wildman–Crippen LogP) is 2.20. The second-order valence-electron chi connectivity index (χ2n) is 4.79. The molecule has 1 aromatic carbocycles. The summed E-state index contributed by atoms with van der Waals surface area (Å²) in [6, 6.07) is 5.16. The van der Waals surface area contributed by atoms with Gasteiger partial charge in [-0.25, -0.2) is 0 Å². The molecule has 1 aliphatic carbocycles. The van der Waals surface area contributed by atoms with Crippen LogP contribution < -0.4 is 15.8 Å². The van der Waals surface area contributed by atoms with E-state index in [1.165, 1.54) is 25.7 Å².